The zero-order chi connectivity index (χ0) is 9.84. The summed E-state index contributed by atoms with van der Waals surface area (Å²) in [6.45, 7) is 0. The highest BCUT2D eigenvalue weighted by molar-refractivity contribution is 7.86. The highest BCUT2D eigenvalue weighted by atomic mass is 32.2. The normalized spacial score (nSPS) is 29.5. The van der Waals surface area contributed by atoms with Crippen LogP contribution in [-0.4, -0.2) is 21.1 Å². The first-order valence-corrected chi connectivity index (χ1v) is 5.58. The van der Waals surface area contributed by atoms with Gasteiger partial charge in [0, 0.05) is 10.8 Å². The Labute approximate surface area is 79.6 Å². The lowest BCUT2D eigenvalue weighted by molar-refractivity contribution is -0.115. The quantitative estimate of drug-likeness (QED) is 0.691. The standard InChI is InChI=1S/C8H12N2O2S/c9-4-6-2-1-3-7(6)13(12)5-8(10)11/h6-7H,1-3,5H2,(H2,10,11). The summed E-state index contributed by atoms with van der Waals surface area (Å²) in [6, 6.07) is 2.12. The zero-order valence-corrected chi connectivity index (χ0v) is 8.05. The summed E-state index contributed by atoms with van der Waals surface area (Å²) in [6.07, 6.45) is 2.50. The van der Waals surface area contributed by atoms with Crippen molar-refractivity contribution in [3.05, 3.63) is 0 Å². The van der Waals surface area contributed by atoms with E-state index in [9.17, 15) is 9.00 Å². The van der Waals surface area contributed by atoms with Gasteiger partial charge in [0.25, 0.3) is 0 Å². The maximum atomic E-state index is 11.5. The van der Waals surface area contributed by atoms with Crippen LogP contribution in [0.4, 0.5) is 0 Å². The molecule has 72 valence electrons. The van der Waals surface area contributed by atoms with Crippen LogP contribution in [0.3, 0.4) is 0 Å². The second-order valence-corrected chi connectivity index (χ2v) is 4.85. The van der Waals surface area contributed by atoms with Crippen molar-refractivity contribution < 1.29 is 9.00 Å². The van der Waals surface area contributed by atoms with Gasteiger partial charge >= 0.3 is 0 Å². The third kappa shape index (κ3) is 2.52. The van der Waals surface area contributed by atoms with Gasteiger partial charge in [-0.3, -0.25) is 9.00 Å². The van der Waals surface area contributed by atoms with Crippen molar-refractivity contribution in [3.8, 4) is 6.07 Å². The van der Waals surface area contributed by atoms with Gasteiger partial charge in [-0.1, -0.05) is 6.42 Å². The van der Waals surface area contributed by atoms with Gasteiger partial charge in [-0.25, -0.2) is 0 Å². The summed E-state index contributed by atoms with van der Waals surface area (Å²) >= 11 is 0. The van der Waals surface area contributed by atoms with Crippen LogP contribution in [0.2, 0.25) is 0 Å². The van der Waals surface area contributed by atoms with Gasteiger partial charge < -0.3 is 5.73 Å². The summed E-state index contributed by atoms with van der Waals surface area (Å²) in [5.41, 5.74) is 4.93. The maximum Gasteiger partial charge on any atom is 0.230 e. The molecule has 4 nitrogen and oxygen atoms in total. The van der Waals surface area contributed by atoms with Gasteiger partial charge in [-0.2, -0.15) is 5.26 Å². The van der Waals surface area contributed by atoms with Gasteiger partial charge in [0.2, 0.25) is 5.91 Å². The molecule has 1 aliphatic rings. The molecule has 0 aromatic rings. The Balaban J connectivity index is 2.56. The van der Waals surface area contributed by atoms with Crippen LogP contribution in [0.25, 0.3) is 0 Å². The predicted molar refractivity (Wildman–Crippen MR) is 48.9 cm³/mol. The molecule has 1 saturated carbocycles. The van der Waals surface area contributed by atoms with Crippen LogP contribution >= 0.6 is 0 Å². The SMILES string of the molecule is N#CC1CCCC1S(=O)CC(N)=O. The van der Waals surface area contributed by atoms with Gasteiger partial charge in [-0.05, 0) is 12.8 Å². The molecule has 0 aliphatic heterocycles. The largest absolute Gasteiger partial charge is 0.369 e. The fourth-order valence-electron chi connectivity index (χ4n) is 1.64. The maximum absolute atomic E-state index is 11.5. The van der Waals surface area contributed by atoms with E-state index in [0.29, 0.717) is 0 Å². The van der Waals surface area contributed by atoms with Crippen LogP contribution in [-0.2, 0) is 15.6 Å². The monoisotopic (exact) mass is 200 g/mol. The van der Waals surface area contributed by atoms with Crippen molar-refractivity contribution in [1.29, 1.82) is 5.26 Å². The number of nitriles is 1. The van der Waals surface area contributed by atoms with Crippen molar-refractivity contribution in [3.63, 3.8) is 0 Å². The Morgan fingerprint density at radius 1 is 1.62 bits per heavy atom. The van der Waals surface area contributed by atoms with E-state index in [1.54, 1.807) is 0 Å². The topological polar surface area (TPSA) is 83.9 Å². The van der Waals surface area contributed by atoms with E-state index in [1.807, 2.05) is 0 Å². The minimum Gasteiger partial charge on any atom is -0.369 e. The predicted octanol–water partition coefficient (Wildman–Crippen LogP) is -0.0873. The molecule has 0 spiro atoms. The molecule has 0 radical (unpaired) electrons. The van der Waals surface area contributed by atoms with Crippen molar-refractivity contribution >= 4 is 16.7 Å². The number of hydrogen-bond acceptors (Lipinski definition) is 3. The molecule has 1 rings (SSSR count). The average Bonchev–Trinajstić information content (AvgIpc) is 2.49. The van der Waals surface area contributed by atoms with Crippen LogP contribution in [0.1, 0.15) is 19.3 Å². The summed E-state index contributed by atoms with van der Waals surface area (Å²) in [7, 11) is -1.25. The molecule has 0 aromatic carbocycles. The average molecular weight is 200 g/mol. The van der Waals surface area contributed by atoms with E-state index in [4.69, 9.17) is 11.0 Å². The van der Waals surface area contributed by atoms with E-state index >= 15 is 0 Å². The fraction of sp³-hybridized carbons (Fsp3) is 0.750. The molecule has 13 heavy (non-hydrogen) atoms. The van der Waals surface area contributed by atoms with Crippen molar-refractivity contribution in [2.75, 3.05) is 5.75 Å². The van der Waals surface area contributed by atoms with E-state index in [1.165, 1.54) is 0 Å². The number of hydrogen-bond donors (Lipinski definition) is 1. The third-order valence-electron chi connectivity index (χ3n) is 2.24. The third-order valence-corrected chi connectivity index (χ3v) is 4.05. The molecule has 1 amide bonds. The Bertz CT molecular complexity index is 272. The second-order valence-electron chi connectivity index (χ2n) is 3.20. The summed E-state index contributed by atoms with van der Waals surface area (Å²) in [5.74, 6) is -0.815. The van der Waals surface area contributed by atoms with Crippen molar-refractivity contribution in [2.45, 2.75) is 24.5 Å². The summed E-state index contributed by atoms with van der Waals surface area (Å²) in [4.78, 5) is 10.5. The fourth-order valence-corrected chi connectivity index (χ4v) is 3.12. The Morgan fingerprint density at radius 2 is 2.31 bits per heavy atom. The van der Waals surface area contributed by atoms with E-state index in [2.05, 4.69) is 6.07 Å². The van der Waals surface area contributed by atoms with Crippen molar-refractivity contribution in [2.24, 2.45) is 11.7 Å². The number of rotatable bonds is 3. The second kappa shape index (κ2) is 4.38. The Hall–Kier alpha value is -0.890. The Morgan fingerprint density at radius 3 is 2.85 bits per heavy atom. The van der Waals surface area contributed by atoms with Gasteiger partial charge in [0.05, 0.1) is 17.2 Å². The molecular formula is C8H12N2O2S. The highest BCUT2D eigenvalue weighted by Crippen LogP contribution is 2.29. The smallest absolute Gasteiger partial charge is 0.230 e. The van der Waals surface area contributed by atoms with Gasteiger partial charge in [0.1, 0.15) is 5.75 Å². The number of amides is 1. The number of primary amides is 1. The van der Waals surface area contributed by atoms with E-state index in [0.717, 1.165) is 19.3 Å². The number of nitrogens with two attached hydrogens (primary N) is 1. The minimum atomic E-state index is -1.25. The molecular weight excluding hydrogens is 188 g/mol. The number of nitrogens with zero attached hydrogens (tertiary/aromatic N) is 1. The highest BCUT2D eigenvalue weighted by Gasteiger charge is 2.32. The van der Waals surface area contributed by atoms with Gasteiger partial charge in [0.15, 0.2) is 0 Å². The van der Waals surface area contributed by atoms with E-state index < -0.39 is 16.7 Å². The lowest BCUT2D eigenvalue weighted by atomic mass is 10.1. The summed E-state index contributed by atoms with van der Waals surface area (Å²) in [5, 5.41) is 8.58. The molecule has 0 aromatic heterocycles. The lowest BCUT2D eigenvalue weighted by Gasteiger charge is -2.10. The minimum absolute atomic E-state index is 0.108. The van der Waals surface area contributed by atoms with Crippen LogP contribution in [0, 0.1) is 17.2 Å². The molecule has 3 unspecified atom stereocenters. The van der Waals surface area contributed by atoms with Crippen molar-refractivity contribution in [1.82, 2.24) is 0 Å². The molecule has 1 fully saturated rings. The van der Waals surface area contributed by atoms with Crippen LogP contribution in [0.5, 0.6) is 0 Å². The lowest BCUT2D eigenvalue weighted by Crippen LogP contribution is -2.28. The number of carbonyl (C=O) groups is 1. The first kappa shape index (κ1) is 10.2. The molecule has 2 N–H and O–H groups in total. The van der Waals surface area contributed by atoms with E-state index in [-0.39, 0.29) is 16.9 Å². The molecule has 0 saturated heterocycles. The zero-order valence-electron chi connectivity index (χ0n) is 7.23. The first-order chi connectivity index (χ1) is 6.15. The summed E-state index contributed by atoms with van der Waals surface area (Å²) < 4.78 is 11.5. The molecule has 5 heteroatoms. The molecule has 0 heterocycles. The Kier molecular flexibility index (Phi) is 3.43. The molecule has 1 aliphatic carbocycles. The molecule has 0 bridgehead atoms. The molecule has 3 atom stereocenters. The number of carbonyl (C=O) groups excluding carboxylic acids is 1. The van der Waals surface area contributed by atoms with Gasteiger partial charge in [-0.15, -0.1) is 0 Å². The van der Waals surface area contributed by atoms with Crippen LogP contribution < -0.4 is 5.73 Å². The first-order valence-electron chi connectivity index (χ1n) is 4.20. The van der Waals surface area contributed by atoms with Crippen LogP contribution in [0.15, 0.2) is 0 Å².